The lowest BCUT2D eigenvalue weighted by atomic mass is 10.1. The molecule has 0 atom stereocenters. The fourth-order valence-electron chi connectivity index (χ4n) is 2.55. The molecule has 0 aliphatic carbocycles. The van der Waals surface area contributed by atoms with Crippen molar-refractivity contribution in [2.75, 3.05) is 25.6 Å². The Hall–Kier alpha value is -2.37. The molecule has 5 nitrogen and oxygen atoms in total. The quantitative estimate of drug-likeness (QED) is 0.884. The Labute approximate surface area is 141 Å². The van der Waals surface area contributed by atoms with Gasteiger partial charge in [-0.05, 0) is 36.2 Å². The third kappa shape index (κ3) is 4.34. The van der Waals surface area contributed by atoms with Crippen LogP contribution in [0, 0.1) is 0 Å². The lowest BCUT2D eigenvalue weighted by Crippen LogP contribution is -2.12. The largest absolute Gasteiger partial charge is 0.497 e. The van der Waals surface area contributed by atoms with Crippen molar-refractivity contribution in [2.45, 2.75) is 19.1 Å². The molecule has 1 aliphatic heterocycles. The van der Waals surface area contributed by atoms with Crippen LogP contribution in [0.4, 0.5) is 5.69 Å². The van der Waals surface area contributed by atoms with E-state index < -0.39 is 0 Å². The van der Waals surface area contributed by atoms with E-state index in [-0.39, 0.29) is 12.2 Å². The molecule has 1 fully saturated rings. The maximum atomic E-state index is 12.1. The van der Waals surface area contributed by atoms with Gasteiger partial charge in [0.25, 0.3) is 0 Å². The first kappa shape index (κ1) is 16.5. The molecule has 0 unspecified atom stereocenters. The van der Waals surface area contributed by atoms with E-state index in [4.69, 9.17) is 14.2 Å². The van der Waals surface area contributed by atoms with Gasteiger partial charge in [0.2, 0.25) is 5.91 Å². The zero-order chi connectivity index (χ0) is 16.8. The van der Waals surface area contributed by atoms with Crippen LogP contribution in [0.3, 0.4) is 0 Å². The second kappa shape index (κ2) is 7.95. The molecule has 1 aliphatic rings. The van der Waals surface area contributed by atoms with Crippen molar-refractivity contribution in [1.29, 1.82) is 0 Å². The number of benzene rings is 2. The molecule has 0 spiro atoms. The van der Waals surface area contributed by atoms with Crippen molar-refractivity contribution in [3.8, 4) is 5.75 Å². The number of rotatable bonds is 6. The van der Waals surface area contributed by atoms with Gasteiger partial charge in [-0.25, -0.2) is 0 Å². The first-order valence-electron chi connectivity index (χ1n) is 8.00. The highest BCUT2D eigenvalue weighted by atomic mass is 16.7. The maximum absolute atomic E-state index is 12.1. The minimum atomic E-state index is -0.287. The molecule has 5 heteroatoms. The number of amides is 1. The maximum Gasteiger partial charge on any atom is 0.224 e. The monoisotopic (exact) mass is 327 g/mol. The standard InChI is InChI=1S/C19H21NO4/c1-22-17-9-2-14(3-10-17)4-11-18(21)20-16-7-5-15(6-8-16)19-23-12-13-24-19/h2-3,5-10,19H,4,11-13H2,1H3,(H,20,21). The molecule has 126 valence electrons. The summed E-state index contributed by atoms with van der Waals surface area (Å²) in [6, 6.07) is 15.3. The molecule has 0 aromatic heterocycles. The first-order valence-corrected chi connectivity index (χ1v) is 8.00. The molecular weight excluding hydrogens is 306 g/mol. The van der Waals surface area contributed by atoms with Crippen molar-refractivity contribution >= 4 is 11.6 Å². The minimum absolute atomic E-state index is 0.00747. The van der Waals surface area contributed by atoms with E-state index in [1.807, 2.05) is 48.5 Å². The Morgan fingerprint density at radius 2 is 1.75 bits per heavy atom. The summed E-state index contributed by atoms with van der Waals surface area (Å²) in [6.07, 6.45) is 0.838. The van der Waals surface area contributed by atoms with Crippen LogP contribution in [-0.2, 0) is 20.7 Å². The summed E-state index contributed by atoms with van der Waals surface area (Å²) in [4.78, 5) is 12.1. The van der Waals surface area contributed by atoms with Gasteiger partial charge in [0, 0.05) is 17.7 Å². The summed E-state index contributed by atoms with van der Waals surface area (Å²) < 4.78 is 16.0. The summed E-state index contributed by atoms with van der Waals surface area (Å²) in [7, 11) is 1.64. The van der Waals surface area contributed by atoms with Gasteiger partial charge in [0.05, 0.1) is 20.3 Å². The van der Waals surface area contributed by atoms with Crippen molar-refractivity contribution in [3.63, 3.8) is 0 Å². The molecule has 1 amide bonds. The number of hydrogen-bond acceptors (Lipinski definition) is 4. The van der Waals surface area contributed by atoms with Crippen LogP contribution in [-0.4, -0.2) is 26.2 Å². The highest BCUT2D eigenvalue weighted by molar-refractivity contribution is 5.90. The lowest BCUT2D eigenvalue weighted by molar-refractivity contribution is -0.116. The van der Waals surface area contributed by atoms with Gasteiger partial charge in [-0.2, -0.15) is 0 Å². The summed E-state index contributed by atoms with van der Waals surface area (Å²) in [6.45, 7) is 1.24. The van der Waals surface area contributed by atoms with Gasteiger partial charge in [0.1, 0.15) is 5.75 Å². The van der Waals surface area contributed by atoms with E-state index >= 15 is 0 Å². The van der Waals surface area contributed by atoms with Gasteiger partial charge < -0.3 is 19.5 Å². The van der Waals surface area contributed by atoms with Gasteiger partial charge in [-0.3, -0.25) is 4.79 Å². The summed E-state index contributed by atoms with van der Waals surface area (Å²) in [5.74, 6) is 0.811. The van der Waals surface area contributed by atoms with Gasteiger partial charge in [0.15, 0.2) is 6.29 Å². The van der Waals surface area contributed by atoms with E-state index in [0.29, 0.717) is 26.1 Å². The summed E-state index contributed by atoms with van der Waals surface area (Å²) >= 11 is 0. The van der Waals surface area contributed by atoms with Gasteiger partial charge >= 0.3 is 0 Å². The average molecular weight is 327 g/mol. The number of carbonyl (C=O) groups is 1. The van der Waals surface area contributed by atoms with Gasteiger partial charge in [-0.1, -0.05) is 24.3 Å². The van der Waals surface area contributed by atoms with Crippen LogP contribution < -0.4 is 10.1 Å². The molecule has 2 aromatic carbocycles. The van der Waals surface area contributed by atoms with Crippen LogP contribution in [0.5, 0.6) is 5.75 Å². The number of anilines is 1. The third-order valence-electron chi connectivity index (χ3n) is 3.89. The third-order valence-corrected chi connectivity index (χ3v) is 3.89. The van der Waals surface area contributed by atoms with Crippen molar-refractivity contribution < 1.29 is 19.0 Å². The SMILES string of the molecule is COc1ccc(CCC(=O)Nc2ccc(C3OCCO3)cc2)cc1. The Kier molecular flexibility index (Phi) is 5.46. The number of ether oxygens (including phenoxy) is 3. The zero-order valence-corrected chi connectivity index (χ0v) is 13.7. The average Bonchev–Trinajstić information content (AvgIpc) is 3.16. The van der Waals surface area contributed by atoms with E-state index in [9.17, 15) is 4.79 Å². The molecule has 1 saturated heterocycles. The topological polar surface area (TPSA) is 56.8 Å². The van der Waals surface area contributed by atoms with E-state index in [1.165, 1.54) is 0 Å². The Morgan fingerprint density at radius 1 is 1.08 bits per heavy atom. The second-order valence-electron chi connectivity index (χ2n) is 5.59. The molecule has 3 rings (SSSR count). The molecule has 2 aromatic rings. The highest BCUT2D eigenvalue weighted by Crippen LogP contribution is 2.24. The molecule has 24 heavy (non-hydrogen) atoms. The van der Waals surface area contributed by atoms with Crippen LogP contribution >= 0.6 is 0 Å². The van der Waals surface area contributed by atoms with E-state index in [2.05, 4.69) is 5.32 Å². The second-order valence-corrected chi connectivity index (χ2v) is 5.59. The van der Waals surface area contributed by atoms with Crippen molar-refractivity contribution in [3.05, 3.63) is 59.7 Å². The van der Waals surface area contributed by atoms with E-state index in [0.717, 1.165) is 22.6 Å². The predicted molar refractivity (Wildman–Crippen MR) is 91.0 cm³/mol. The molecular formula is C19H21NO4. The number of nitrogens with one attached hydrogen (secondary N) is 1. The fourth-order valence-corrected chi connectivity index (χ4v) is 2.55. The Morgan fingerprint density at radius 3 is 2.38 bits per heavy atom. The van der Waals surface area contributed by atoms with Crippen molar-refractivity contribution in [2.24, 2.45) is 0 Å². The summed E-state index contributed by atoms with van der Waals surface area (Å²) in [5, 5.41) is 2.91. The van der Waals surface area contributed by atoms with Crippen molar-refractivity contribution in [1.82, 2.24) is 0 Å². The molecule has 1 N–H and O–H groups in total. The number of methoxy groups -OCH3 is 1. The lowest BCUT2D eigenvalue weighted by Gasteiger charge is -2.10. The normalized spacial score (nSPS) is 14.5. The highest BCUT2D eigenvalue weighted by Gasteiger charge is 2.17. The minimum Gasteiger partial charge on any atom is -0.497 e. The number of aryl methyl sites for hydroxylation is 1. The predicted octanol–water partition coefficient (Wildman–Crippen LogP) is 3.31. The zero-order valence-electron chi connectivity index (χ0n) is 13.7. The van der Waals surface area contributed by atoms with E-state index in [1.54, 1.807) is 7.11 Å². The Bertz CT molecular complexity index is 661. The summed E-state index contributed by atoms with van der Waals surface area (Å²) in [5.41, 5.74) is 2.84. The van der Waals surface area contributed by atoms with Crippen LogP contribution in [0.1, 0.15) is 23.8 Å². The number of hydrogen-bond donors (Lipinski definition) is 1. The van der Waals surface area contributed by atoms with Crippen LogP contribution in [0.2, 0.25) is 0 Å². The first-order chi connectivity index (χ1) is 11.7. The fraction of sp³-hybridized carbons (Fsp3) is 0.316. The molecule has 1 heterocycles. The molecule has 0 radical (unpaired) electrons. The van der Waals surface area contributed by atoms with Gasteiger partial charge in [-0.15, -0.1) is 0 Å². The number of carbonyl (C=O) groups excluding carboxylic acids is 1. The Balaban J connectivity index is 1.48. The smallest absolute Gasteiger partial charge is 0.224 e. The van der Waals surface area contributed by atoms with Crippen LogP contribution in [0.15, 0.2) is 48.5 Å². The molecule has 0 saturated carbocycles. The molecule has 0 bridgehead atoms. The van der Waals surface area contributed by atoms with Crippen LogP contribution in [0.25, 0.3) is 0 Å².